The number of likely N-dealkylation sites (tertiary alicyclic amines) is 1. The number of nitrogens with one attached hydrogen (secondary N) is 1. The van der Waals surface area contributed by atoms with E-state index in [-0.39, 0.29) is 24.1 Å². The molecule has 1 saturated heterocycles. The average molecular weight is 342 g/mol. The second kappa shape index (κ2) is 7.11. The van der Waals surface area contributed by atoms with Gasteiger partial charge in [-0.05, 0) is 37.5 Å². The standard InChI is InChI=1S/C19H22N2O4/c1-19(24,14-7-3-2-4-8-14)13-20-17(22)15-9-5-11-21(15)18(23)16-10-6-12-25-16/h2-4,6-8,10,12,15,24H,5,9,11,13H2,1H3,(H,20,22). The predicted octanol–water partition coefficient (Wildman–Crippen LogP) is 1.91. The second-order valence-corrected chi connectivity index (χ2v) is 6.49. The van der Waals surface area contributed by atoms with E-state index in [9.17, 15) is 14.7 Å². The predicted molar refractivity (Wildman–Crippen MR) is 91.8 cm³/mol. The molecule has 2 amide bonds. The normalized spacial score (nSPS) is 19.4. The van der Waals surface area contributed by atoms with Gasteiger partial charge in [0.1, 0.15) is 11.6 Å². The Morgan fingerprint density at radius 1 is 1.28 bits per heavy atom. The smallest absolute Gasteiger partial charge is 0.290 e. The average Bonchev–Trinajstić information content (AvgIpc) is 3.31. The molecule has 2 aromatic rings. The van der Waals surface area contributed by atoms with Gasteiger partial charge in [-0.15, -0.1) is 0 Å². The summed E-state index contributed by atoms with van der Waals surface area (Å²) in [5.74, 6) is -0.304. The topological polar surface area (TPSA) is 82.8 Å². The van der Waals surface area contributed by atoms with E-state index in [1.165, 1.54) is 11.2 Å². The van der Waals surface area contributed by atoms with Crippen molar-refractivity contribution in [1.29, 1.82) is 0 Å². The molecule has 0 saturated carbocycles. The van der Waals surface area contributed by atoms with Gasteiger partial charge in [-0.2, -0.15) is 0 Å². The third-order valence-corrected chi connectivity index (χ3v) is 4.55. The van der Waals surface area contributed by atoms with Crippen molar-refractivity contribution in [3.8, 4) is 0 Å². The van der Waals surface area contributed by atoms with Crippen LogP contribution in [0, 0.1) is 0 Å². The summed E-state index contributed by atoms with van der Waals surface area (Å²) in [5.41, 5.74) is -0.448. The zero-order valence-electron chi connectivity index (χ0n) is 14.1. The molecular formula is C19H22N2O4. The van der Waals surface area contributed by atoms with Gasteiger partial charge in [0.15, 0.2) is 5.76 Å². The maximum Gasteiger partial charge on any atom is 0.290 e. The highest BCUT2D eigenvalue weighted by Crippen LogP contribution is 2.22. The van der Waals surface area contributed by atoms with E-state index >= 15 is 0 Å². The van der Waals surface area contributed by atoms with Gasteiger partial charge in [0, 0.05) is 6.54 Å². The minimum atomic E-state index is -1.18. The van der Waals surface area contributed by atoms with Crippen LogP contribution in [0.4, 0.5) is 0 Å². The Bertz CT molecular complexity index is 725. The zero-order chi connectivity index (χ0) is 17.9. The number of amides is 2. The molecule has 3 rings (SSSR count). The summed E-state index contributed by atoms with van der Waals surface area (Å²) in [7, 11) is 0. The lowest BCUT2D eigenvalue weighted by Gasteiger charge is -2.27. The second-order valence-electron chi connectivity index (χ2n) is 6.49. The van der Waals surface area contributed by atoms with Crippen LogP contribution in [0.5, 0.6) is 0 Å². The Morgan fingerprint density at radius 3 is 2.72 bits per heavy atom. The molecule has 132 valence electrons. The van der Waals surface area contributed by atoms with Crippen molar-refractivity contribution in [3.63, 3.8) is 0 Å². The van der Waals surface area contributed by atoms with E-state index in [1.807, 2.05) is 30.3 Å². The van der Waals surface area contributed by atoms with Crippen LogP contribution < -0.4 is 5.32 Å². The highest BCUT2D eigenvalue weighted by Gasteiger charge is 2.36. The van der Waals surface area contributed by atoms with E-state index in [2.05, 4.69) is 5.32 Å². The van der Waals surface area contributed by atoms with Crippen molar-refractivity contribution in [2.24, 2.45) is 0 Å². The third-order valence-electron chi connectivity index (χ3n) is 4.55. The van der Waals surface area contributed by atoms with Gasteiger partial charge < -0.3 is 19.7 Å². The Morgan fingerprint density at radius 2 is 2.04 bits per heavy atom. The molecule has 2 heterocycles. The van der Waals surface area contributed by atoms with Crippen LogP contribution in [0.15, 0.2) is 53.1 Å². The van der Waals surface area contributed by atoms with Gasteiger partial charge in [0.05, 0.1) is 12.8 Å². The molecule has 0 aliphatic carbocycles. The fourth-order valence-electron chi connectivity index (χ4n) is 3.10. The van der Waals surface area contributed by atoms with Gasteiger partial charge in [0.2, 0.25) is 5.91 Å². The molecule has 0 spiro atoms. The molecule has 0 bridgehead atoms. The van der Waals surface area contributed by atoms with Crippen LogP contribution in [-0.2, 0) is 10.4 Å². The summed E-state index contributed by atoms with van der Waals surface area (Å²) in [5, 5.41) is 13.4. The van der Waals surface area contributed by atoms with Crippen LogP contribution in [0.25, 0.3) is 0 Å². The fourth-order valence-corrected chi connectivity index (χ4v) is 3.10. The van der Waals surface area contributed by atoms with Crippen molar-refractivity contribution in [2.45, 2.75) is 31.4 Å². The Labute approximate surface area is 146 Å². The van der Waals surface area contributed by atoms with Crippen LogP contribution >= 0.6 is 0 Å². The first-order valence-electron chi connectivity index (χ1n) is 8.39. The van der Waals surface area contributed by atoms with Crippen molar-refractivity contribution >= 4 is 11.8 Å². The van der Waals surface area contributed by atoms with Crippen molar-refractivity contribution < 1.29 is 19.1 Å². The fraction of sp³-hybridized carbons (Fsp3) is 0.368. The number of aliphatic hydroxyl groups is 1. The molecule has 0 radical (unpaired) electrons. The first-order chi connectivity index (χ1) is 12.0. The highest BCUT2D eigenvalue weighted by molar-refractivity contribution is 5.96. The molecule has 2 N–H and O–H groups in total. The molecule has 1 fully saturated rings. The van der Waals surface area contributed by atoms with Crippen LogP contribution in [0.1, 0.15) is 35.9 Å². The summed E-state index contributed by atoms with van der Waals surface area (Å²) in [6.07, 6.45) is 2.81. The maximum atomic E-state index is 12.6. The molecule has 1 aromatic heterocycles. The quantitative estimate of drug-likeness (QED) is 0.869. The Kier molecular flexibility index (Phi) is 4.90. The third kappa shape index (κ3) is 3.74. The summed E-state index contributed by atoms with van der Waals surface area (Å²) in [6, 6.07) is 11.9. The number of benzene rings is 1. The summed E-state index contributed by atoms with van der Waals surface area (Å²) < 4.78 is 5.14. The van der Waals surface area contributed by atoms with Crippen LogP contribution in [0.3, 0.4) is 0 Å². The lowest BCUT2D eigenvalue weighted by molar-refractivity contribution is -0.126. The van der Waals surface area contributed by atoms with E-state index in [4.69, 9.17) is 4.42 Å². The van der Waals surface area contributed by atoms with Crippen molar-refractivity contribution in [3.05, 3.63) is 60.1 Å². The van der Waals surface area contributed by atoms with Gasteiger partial charge in [-0.1, -0.05) is 30.3 Å². The number of carbonyl (C=O) groups is 2. The number of hydrogen-bond acceptors (Lipinski definition) is 4. The summed E-state index contributed by atoms with van der Waals surface area (Å²) in [6.45, 7) is 2.25. The largest absolute Gasteiger partial charge is 0.459 e. The van der Waals surface area contributed by atoms with Crippen molar-refractivity contribution in [1.82, 2.24) is 10.2 Å². The van der Waals surface area contributed by atoms with Gasteiger partial charge >= 0.3 is 0 Å². The van der Waals surface area contributed by atoms with Gasteiger partial charge in [0.25, 0.3) is 5.91 Å². The van der Waals surface area contributed by atoms with Gasteiger partial charge in [-0.3, -0.25) is 9.59 Å². The van der Waals surface area contributed by atoms with E-state index in [0.29, 0.717) is 13.0 Å². The number of rotatable bonds is 5. The molecule has 1 aliphatic heterocycles. The minimum Gasteiger partial charge on any atom is -0.459 e. The lowest BCUT2D eigenvalue weighted by atomic mass is 9.96. The molecule has 6 nitrogen and oxygen atoms in total. The Hall–Kier alpha value is -2.60. The number of carbonyl (C=O) groups excluding carboxylic acids is 2. The van der Waals surface area contributed by atoms with Gasteiger partial charge in [-0.25, -0.2) is 0 Å². The van der Waals surface area contributed by atoms with Crippen LogP contribution in [-0.4, -0.2) is 41.0 Å². The monoisotopic (exact) mass is 342 g/mol. The first-order valence-corrected chi connectivity index (χ1v) is 8.39. The zero-order valence-corrected chi connectivity index (χ0v) is 14.1. The molecule has 25 heavy (non-hydrogen) atoms. The number of hydrogen-bond donors (Lipinski definition) is 2. The van der Waals surface area contributed by atoms with Crippen molar-refractivity contribution in [2.75, 3.05) is 13.1 Å². The summed E-state index contributed by atoms with van der Waals surface area (Å²) in [4.78, 5) is 26.5. The SMILES string of the molecule is CC(O)(CNC(=O)C1CCCN1C(=O)c1ccco1)c1ccccc1. The van der Waals surface area contributed by atoms with E-state index < -0.39 is 11.6 Å². The highest BCUT2D eigenvalue weighted by atomic mass is 16.3. The minimum absolute atomic E-state index is 0.0785. The Balaban J connectivity index is 1.63. The molecule has 6 heteroatoms. The molecular weight excluding hydrogens is 320 g/mol. The number of nitrogens with zero attached hydrogens (tertiary/aromatic N) is 1. The van der Waals surface area contributed by atoms with E-state index in [0.717, 1.165) is 12.0 Å². The molecule has 2 atom stereocenters. The summed E-state index contributed by atoms with van der Waals surface area (Å²) >= 11 is 0. The first kappa shape index (κ1) is 17.2. The van der Waals surface area contributed by atoms with E-state index in [1.54, 1.807) is 19.1 Å². The lowest BCUT2D eigenvalue weighted by Crippen LogP contribution is -2.49. The molecule has 1 aromatic carbocycles. The molecule has 2 unspecified atom stereocenters. The van der Waals surface area contributed by atoms with Crippen LogP contribution in [0.2, 0.25) is 0 Å². The maximum absolute atomic E-state index is 12.6. The number of furan rings is 1. The molecule has 1 aliphatic rings.